The average molecular weight is 376 g/mol. The number of rotatable bonds is 3. The predicted molar refractivity (Wildman–Crippen MR) is 56.9 cm³/mol. The standard InChI is InChI=1S/C6H13O9P.2Na.4H2O/c7-1-2-3(8)4(9)5(10)6(14-2)15-16(11,12)13;;;;;;/h2-10H,1H2,(H2,11,12,13);;;4*1H2/q;2*+1;;;;/p-2. The van der Waals surface area contributed by atoms with Gasteiger partial charge in [0.05, 0.1) is 14.4 Å². The molecule has 1 heterocycles. The summed E-state index contributed by atoms with van der Waals surface area (Å²) in [7, 11) is -5.41. The molecule has 5 atom stereocenters. The minimum absolute atomic E-state index is 0. The van der Waals surface area contributed by atoms with Crippen LogP contribution in [0.5, 0.6) is 0 Å². The molecule has 13 nitrogen and oxygen atoms in total. The van der Waals surface area contributed by atoms with E-state index < -0.39 is 45.1 Å². The van der Waals surface area contributed by atoms with Gasteiger partial charge < -0.3 is 65.9 Å². The molecule has 1 saturated heterocycles. The first-order chi connectivity index (χ1) is 7.26. The van der Waals surface area contributed by atoms with Gasteiger partial charge in [0, 0.05) is 0 Å². The van der Waals surface area contributed by atoms with Gasteiger partial charge in [0.1, 0.15) is 24.4 Å². The van der Waals surface area contributed by atoms with Crippen molar-refractivity contribution in [3.63, 3.8) is 0 Å². The normalized spacial score (nSPS) is 29.8. The molecule has 0 aliphatic carbocycles. The van der Waals surface area contributed by atoms with Crippen LogP contribution in [0.4, 0.5) is 0 Å². The maximum absolute atomic E-state index is 10.3. The Morgan fingerprint density at radius 2 is 1.36 bits per heavy atom. The molecule has 1 fully saturated rings. The zero-order valence-electron chi connectivity index (χ0n) is 11.9. The third-order valence-corrected chi connectivity index (χ3v) is 2.55. The SMILES string of the molecule is O.O.O.O.O=P([O-])([O-])OC1OC(CO)C(O)C(O)C1O.[Na+].[Na+]. The quantitative estimate of drug-likeness (QED) is 0.268. The maximum atomic E-state index is 10.3. The molecule has 0 aromatic carbocycles. The molecule has 12 N–H and O–H groups in total. The molecular formula is C6H19Na2O13P. The molecule has 16 heteroatoms. The molecule has 0 radical (unpaired) electrons. The van der Waals surface area contributed by atoms with Crippen LogP contribution in [0.25, 0.3) is 0 Å². The second kappa shape index (κ2) is 16.2. The summed E-state index contributed by atoms with van der Waals surface area (Å²) in [5, 5.41) is 36.5. The third kappa shape index (κ3) is 11.3. The molecule has 0 saturated carbocycles. The molecule has 1 aliphatic heterocycles. The van der Waals surface area contributed by atoms with Crippen molar-refractivity contribution in [3.05, 3.63) is 0 Å². The number of hydrogen-bond donors (Lipinski definition) is 4. The van der Waals surface area contributed by atoms with Gasteiger partial charge in [-0.05, 0) is 0 Å². The maximum Gasteiger partial charge on any atom is 1.00 e. The first-order valence-corrected chi connectivity index (χ1v) is 5.73. The number of phosphoric acid groups is 1. The van der Waals surface area contributed by atoms with E-state index in [1.54, 1.807) is 0 Å². The minimum Gasteiger partial charge on any atom is -0.790 e. The molecule has 0 spiro atoms. The number of aliphatic hydroxyl groups is 4. The van der Waals surface area contributed by atoms with E-state index in [0.717, 1.165) is 0 Å². The monoisotopic (exact) mass is 376 g/mol. The molecule has 5 unspecified atom stereocenters. The van der Waals surface area contributed by atoms with Crippen molar-refractivity contribution in [1.29, 1.82) is 0 Å². The summed E-state index contributed by atoms with van der Waals surface area (Å²) in [6, 6.07) is 0. The van der Waals surface area contributed by atoms with Crippen LogP contribution in [0.15, 0.2) is 0 Å². The van der Waals surface area contributed by atoms with Crippen molar-refractivity contribution in [3.8, 4) is 0 Å². The fraction of sp³-hybridized carbons (Fsp3) is 1.00. The van der Waals surface area contributed by atoms with Gasteiger partial charge in [0.25, 0.3) is 0 Å². The van der Waals surface area contributed by atoms with E-state index in [-0.39, 0.29) is 81.0 Å². The van der Waals surface area contributed by atoms with Crippen LogP contribution in [0.2, 0.25) is 0 Å². The zero-order valence-corrected chi connectivity index (χ0v) is 16.8. The summed E-state index contributed by atoms with van der Waals surface area (Å²) in [4.78, 5) is 20.6. The van der Waals surface area contributed by atoms with Gasteiger partial charge in [-0.25, -0.2) is 0 Å². The predicted octanol–water partition coefficient (Wildman–Crippen LogP) is -13.7. The first kappa shape index (κ1) is 39.0. The van der Waals surface area contributed by atoms with E-state index in [9.17, 15) is 29.7 Å². The zero-order chi connectivity index (χ0) is 12.5. The second-order valence-electron chi connectivity index (χ2n) is 3.25. The fourth-order valence-electron chi connectivity index (χ4n) is 1.28. The summed E-state index contributed by atoms with van der Waals surface area (Å²) in [5.41, 5.74) is 0. The van der Waals surface area contributed by atoms with Gasteiger partial charge in [-0.2, -0.15) is 0 Å². The van der Waals surface area contributed by atoms with Gasteiger partial charge in [0.2, 0.25) is 0 Å². The Kier molecular flexibility index (Phi) is 28.8. The summed E-state index contributed by atoms with van der Waals surface area (Å²) in [6.45, 7) is -0.743. The van der Waals surface area contributed by atoms with E-state index in [0.29, 0.717) is 0 Å². The summed E-state index contributed by atoms with van der Waals surface area (Å²) < 4.78 is 18.7. The Morgan fingerprint density at radius 1 is 0.955 bits per heavy atom. The van der Waals surface area contributed by atoms with Crippen LogP contribution < -0.4 is 68.9 Å². The molecule has 0 bridgehead atoms. The largest absolute Gasteiger partial charge is 1.00 e. The Bertz CT molecular complexity index is 288. The number of aliphatic hydroxyl groups excluding tert-OH is 4. The van der Waals surface area contributed by atoms with Crippen molar-refractivity contribution in [2.75, 3.05) is 6.61 Å². The van der Waals surface area contributed by atoms with Crippen LogP contribution in [0.3, 0.4) is 0 Å². The number of ether oxygens (including phenoxy) is 1. The van der Waals surface area contributed by atoms with Crippen LogP contribution in [-0.4, -0.2) is 79.6 Å². The van der Waals surface area contributed by atoms with Crippen molar-refractivity contribution in [1.82, 2.24) is 0 Å². The van der Waals surface area contributed by atoms with Gasteiger partial charge in [-0.3, -0.25) is 0 Å². The molecule has 1 rings (SSSR count). The van der Waals surface area contributed by atoms with Crippen LogP contribution in [-0.2, 0) is 13.8 Å². The Morgan fingerprint density at radius 3 is 1.68 bits per heavy atom. The molecule has 0 aromatic rings. The topological polar surface area (TPSA) is 289 Å². The third-order valence-electron chi connectivity index (χ3n) is 2.08. The van der Waals surface area contributed by atoms with Crippen LogP contribution >= 0.6 is 7.82 Å². The van der Waals surface area contributed by atoms with Crippen molar-refractivity contribution in [2.24, 2.45) is 0 Å². The molecule has 22 heavy (non-hydrogen) atoms. The summed E-state index contributed by atoms with van der Waals surface area (Å²) in [5.74, 6) is 0. The molecule has 0 amide bonds. The second-order valence-corrected chi connectivity index (χ2v) is 4.36. The summed E-state index contributed by atoms with van der Waals surface area (Å²) in [6.07, 6.45) is -8.61. The van der Waals surface area contributed by atoms with Crippen molar-refractivity contribution < 1.29 is 125 Å². The van der Waals surface area contributed by atoms with E-state index in [1.165, 1.54) is 0 Å². The minimum atomic E-state index is -5.41. The Labute approximate surface area is 169 Å². The van der Waals surface area contributed by atoms with E-state index in [1.807, 2.05) is 0 Å². The molecular weight excluding hydrogens is 357 g/mol. The molecule has 128 valence electrons. The molecule has 1 aliphatic rings. The number of hydrogen-bond acceptors (Lipinski definition) is 9. The van der Waals surface area contributed by atoms with Crippen LogP contribution in [0, 0.1) is 0 Å². The van der Waals surface area contributed by atoms with E-state index in [4.69, 9.17) is 5.11 Å². The Balaban J connectivity index is -0.000000107. The van der Waals surface area contributed by atoms with Gasteiger partial charge in [0.15, 0.2) is 6.29 Å². The van der Waals surface area contributed by atoms with Gasteiger partial charge in [-0.1, -0.05) is 0 Å². The Hall–Kier alpha value is 1.75. The van der Waals surface area contributed by atoms with Crippen molar-refractivity contribution in [2.45, 2.75) is 30.7 Å². The smallest absolute Gasteiger partial charge is 0.790 e. The number of phosphoric ester groups is 1. The average Bonchev–Trinajstić information content (AvgIpc) is 2.17. The van der Waals surface area contributed by atoms with Crippen LogP contribution in [0.1, 0.15) is 0 Å². The molecule has 0 aromatic heterocycles. The fourth-order valence-corrected chi connectivity index (χ4v) is 1.71. The van der Waals surface area contributed by atoms with Crippen molar-refractivity contribution >= 4 is 7.82 Å². The van der Waals surface area contributed by atoms with E-state index in [2.05, 4.69) is 9.26 Å². The summed E-state index contributed by atoms with van der Waals surface area (Å²) >= 11 is 0. The van der Waals surface area contributed by atoms with Gasteiger partial charge >= 0.3 is 59.1 Å². The van der Waals surface area contributed by atoms with E-state index >= 15 is 0 Å². The first-order valence-electron chi connectivity index (χ1n) is 4.27. The van der Waals surface area contributed by atoms with Gasteiger partial charge in [-0.15, -0.1) is 0 Å².